The smallest absolute Gasteiger partial charge is 0.323 e. The second-order valence-electron chi connectivity index (χ2n) is 7.36. The first kappa shape index (κ1) is 18.2. The van der Waals surface area contributed by atoms with Gasteiger partial charge in [0.15, 0.2) is 5.82 Å². The van der Waals surface area contributed by atoms with Crippen LogP contribution in [0.15, 0.2) is 30.3 Å². The third kappa shape index (κ3) is 3.62. The fourth-order valence-electron chi connectivity index (χ4n) is 3.68. The van der Waals surface area contributed by atoms with Gasteiger partial charge in [0.2, 0.25) is 0 Å². The molecule has 2 N–H and O–H groups in total. The number of aromatic amines is 1. The van der Waals surface area contributed by atoms with Crippen molar-refractivity contribution in [3.63, 3.8) is 0 Å². The maximum atomic E-state index is 13.0. The van der Waals surface area contributed by atoms with Gasteiger partial charge in [0.1, 0.15) is 11.6 Å². The summed E-state index contributed by atoms with van der Waals surface area (Å²) in [5.74, 6) is 2.42. The zero-order valence-electron chi connectivity index (χ0n) is 16.4. The number of amides is 2. The zero-order valence-corrected chi connectivity index (χ0v) is 16.4. The van der Waals surface area contributed by atoms with Crippen molar-refractivity contribution >= 4 is 11.8 Å². The van der Waals surface area contributed by atoms with E-state index in [2.05, 4.69) is 25.6 Å². The molecule has 2 amide bonds. The summed E-state index contributed by atoms with van der Waals surface area (Å²) in [6, 6.07) is 9.77. The highest BCUT2D eigenvalue weighted by molar-refractivity contribution is 5.89. The molecule has 0 saturated carbocycles. The van der Waals surface area contributed by atoms with E-state index in [1.165, 1.54) is 0 Å². The molecule has 1 saturated heterocycles. The van der Waals surface area contributed by atoms with Gasteiger partial charge in [-0.15, -0.1) is 0 Å². The monoisotopic (exact) mass is 379 g/mol. The number of aromatic nitrogens is 5. The Balaban J connectivity index is 1.52. The van der Waals surface area contributed by atoms with Gasteiger partial charge < -0.3 is 4.90 Å². The van der Waals surface area contributed by atoms with E-state index in [1.54, 1.807) is 4.68 Å². The van der Waals surface area contributed by atoms with E-state index in [1.807, 2.05) is 56.0 Å². The predicted molar refractivity (Wildman–Crippen MR) is 107 cm³/mol. The largest absolute Gasteiger partial charge is 0.324 e. The molecule has 28 heavy (non-hydrogen) atoms. The number of aryl methyl sites for hydroxylation is 3. The van der Waals surface area contributed by atoms with Crippen LogP contribution in [0, 0.1) is 20.8 Å². The second-order valence-corrected chi connectivity index (χ2v) is 7.36. The van der Waals surface area contributed by atoms with E-state index >= 15 is 0 Å². The number of likely N-dealkylation sites (tertiary alicyclic amines) is 1. The lowest BCUT2D eigenvalue weighted by atomic mass is 9.98. The summed E-state index contributed by atoms with van der Waals surface area (Å²) in [7, 11) is 0. The highest BCUT2D eigenvalue weighted by Crippen LogP contribution is 2.26. The molecule has 0 unspecified atom stereocenters. The van der Waals surface area contributed by atoms with E-state index in [0.29, 0.717) is 12.4 Å². The van der Waals surface area contributed by atoms with Crippen molar-refractivity contribution in [1.29, 1.82) is 0 Å². The Morgan fingerprint density at radius 3 is 2.82 bits per heavy atom. The normalized spacial score (nSPS) is 17.0. The number of benzene rings is 1. The molecule has 1 aliphatic heterocycles. The number of H-pyrrole nitrogens is 1. The van der Waals surface area contributed by atoms with Gasteiger partial charge in [0.05, 0.1) is 11.4 Å². The van der Waals surface area contributed by atoms with Crippen LogP contribution < -0.4 is 5.32 Å². The molecule has 0 spiro atoms. The molecule has 8 heteroatoms. The van der Waals surface area contributed by atoms with E-state index < -0.39 is 0 Å². The molecule has 4 rings (SSSR count). The fraction of sp³-hybridized carbons (Fsp3) is 0.400. The van der Waals surface area contributed by atoms with Crippen molar-refractivity contribution in [3.8, 4) is 5.69 Å². The molecule has 8 nitrogen and oxygen atoms in total. The van der Waals surface area contributed by atoms with Crippen LogP contribution in [-0.2, 0) is 0 Å². The molecule has 1 fully saturated rings. The minimum atomic E-state index is -0.119. The number of piperidine rings is 1. The number of hydrogen-bond acceptors (Lipinski definition) is 4. The lowest BCUT2D eigenvalue weighted by molar-refractivity contribution is 0.191. The first-order valence-electron chi connectivity index (χ1n) is 9.59. The fourth-order valence-corrected chi connectivity index (χ4v) is 3.68. The van der Waals surface area contributed by atoms with Crippen LogP contribution in [0.25, 0.3) is 5.69 Å². The van der Waals surface area contributed by atoms with Gasteiger partial charge in [-0.3, -0.25) is 10.4 Å². The molecule has 0 radical (unpaired) electrons. The summed E-state index contributed by atoms with van der Waals surface area (Å²) in [6.07, 6.45) is 1.92. The summed E-state index contributed by atoms with van der Waals surface area (Å²) < 4.78 is 1.79. The van der Waals surface area contributed by atoms with Crippen molar-refractivity contribution in [2.45, 2.75) is 39.5 Å². The van der Waals surface area contributed by atoms with Crippen molar-refractivity contribution < 1.29 is 4.79 Å². The molecule has 3 heterocycles. The van der Waals surface area contributed by atoms with Crippen LogP contribution in [0.4, 0.5) is 10.6 Å². The number of para-hydroxylation sites is 1. The van der Waals surface area contributed by atoms with Crippen LogP contribution in [0.1, 0.15) is 41.7 Å². The van der Waals surface area contributed by atoms with Gasteiger partial charge in [-0.05, 0) is 45.2 Å². The maximum Gasteiger partial charge on any atom is 0.323 e. The van der Waals surface area contributed by atoms with Crippen LogP contribution >= 0.6 is 0 Å². The molecule has 3 aromatic rings. The lowest BCUT2D eigenvalue weighted by Gasteiger charge is -2.31. The SMILES string of the molecule is Cc1cc(NC(=O)N2CCC[C@@H](c3n[nH]c(C)n3)C2)n(-c2ccccc2C)n1. The highest BCUT2D eigenvalue weighted by atomic mass is 16.2. The number of nitrogens with zero attached hydrogens (tertiary/aromatic N) is 5. The van der Waals surface area contributed by atoms with Gasteiger partial charge in [-0.1, -0.05) is 18.2 Å². The van der Waals surface area contributed by atoms with Crippen LogP contribution in [0.3, 0.4) is 0 Å². The number of nitrogens with one attached hydrogen (secondary N) is 2. The minimum absolute atomic E-state index is 0.119. The number of rotatable bonds is 3. The van der Waals surface area contributed by atoms with Crippen molar-refractivity contribution in [2.75, 3.05) is 18.4 Å². The molecule has 0 bridgehead atoms. The van der Waals surface area contributed by atoms with E-state index in [-0.39, 0.29) is 11.9 Å². The number of hydrogen-bond donors (Lipinski definition) is 2. The first-order chi connectivity index (χ1) is 13.5. The Kier molecular flexibility index (Phi) is 4.85. The van der Waals surface area contributed by atoms with Gasteiger partial charge >= 0.3 is 6.03 Å². The Morgan fingerprint density at radius 1 is 1.25 bits per heavy atom. The third-order valence-corrected chi connectivity index (χ3v) is 5.10. The number of carbonyl (C=O) groups is 1. The average molecular weight is 379 g/mol. The summed E-state index contributed by atoms with van der Waals surface area (Å²) in [5.41, 5.74) is 2.91. The lowest BCUT2D eigenvalue weighted by Crippen LogP contribution is -2.42. The van der Waals surface area contributed by atoms with Crippen molar-refractivity contribution in [3.05, 3.63) is 53.2 Å². The minimum Gasteiger partial charge on any atom is -0.324 e. The number of carbonyl (C=O) groups excluding carboxylic acids is 1. The molecule has 1 aromatic carbocycles. The van der Waals surface area contributed by atoms with Gasteiger partial charge in [0.25, 0.3) is 0 Å². The zero-order chi connectivity index (χ0) is 19.7. The average Bonchev–Trinajstić information content (AvgIpc) is 3.28. The molecule has 146 valence electrons. The van der Waals surface area contributed by atoms with E-state index in [9.17, 15) is 4.79 Å². The summed E-state index contributed by atoms with van der Waals surface area (Å²) in [6.45, 7) is 7.18. The quantitative estimate of drug-likeness (QED) is 0.730. The highest BCUT2D eigenvalue weighted by Gasteiger charge is 2.28. The topological polar surface area (TPSA) is 91.7 Å². The summed E-state index contributed by atoms with van der Waals surface area (Å²) in [4.78, 5) is 19.2. The molecular formula is C20H25N7O. The Morgan fingerprint density at radius 2 is 2.07 bits per heavy atom. The van der Waals surface area contributed by atoms with Gasteiger partial charge in [-0.25, -0.2) is 14.5 Å². The Labute approximate surface area is 164 Å². The predicted octanol–water partition coefficient (Wildman–Crippen LogP) is 3.33. The van der Waals surface area contributed by atoms with Gasteiger partial charge in [0, 0.05) is 25.1 Å². The van der Waals surface area contributed by atoms with Crippen LogP contribution in [-0.4, -0.2) is 49.0 Å². The number of urea groups is 1. The Bertz CT molecular complexity index is 990. The molecule has 1 aliphatic rings. The Hall–Kier alpha value is -3.16. The standard InChI is InChI=1S/C20H25N7O/c1-13-7-4-5-9-17(13)27-18(11-14(2)25-27)22-20(28)26-10-6-8-16(12-26)19-21-15(3)23-24-19/h4-5,7,9,11,16H,6,8,10,12H2,1-3H3,(H,22,28)(H,21,23,24)/t16-/m1/s1. The van der Waals surface area contributed by atoms with Gasteiger partial charge in [-0.2, -0.15) is 10.2 Å². The van der Waals surface area contributed by atoms with Crippen LogP contribution in [0.5, 0.6) is 0 Å². The first-order valence-corrected chi connectivity index (χ1v) is 9.59. The number of anilines is 1. The van der Waals surface area contributed by atoms with E-state index in [4.69, 9.17) is 0 Å². The van der Waals surface area contributed by atoms with E-state index in [0.717, 1.165) is 48.0 Å². The summed E-state index contributed by atoms with van der Waals surface area (Å²) in [5, 5.41) is 14.8. The van der Waals surface area contributed by atoms with Crippen LogP contribution in [0.2, 0.25) is 0 Å². The molecule has 0 aliphatic carbocycles. The molecule has 1 atom stereocenters. The molecule has 2 aromatic heterocycles. The summed E-state index contributed by atoms with van der Waals surface area (Å²) >= 11 is 0. The maximum absolute atomic E-state index is 13.0. The second kappa shape index (κ2) is 7.46. The van der Waals surface area contributed by atoms with Crippen molar-refractivity contribution in [1.82, 2.24) is 29.9 Å². The van der Waals surface area contributed by atoms with Crippen molar-refractivity contribution in [2.24, 2.45) is 0 Å². The molecular weight excluding hydrogens is 354 g/mol. The third-order valence-electron chi connectivity index (χ3n) is 5.10.